The molecule has 0 aromatic heterocycles. The number of hydrogen-bond donors (Lipinski definition) is 6. The van der Waals surface area contributed by atoms with Gasteiger partial charge in [-0.25, -0.2) is 9.59 Å². The van der Waals surface area contributed by atoms with Gasteiger partial charge in [0.2, 0.25) is 5.91 Å². The lowest BCUT2D eigenvalue weighted by Crippen LogP contribution is -2.55. The Hall–Kier alpha value is -3.44. The predicted molar refractivity (Wildman–Crippen MR) is 160 cm³/mol. The van der Waals surface area contributed by atoms with E-state index < -0.39 is 47.8 Å². The van der Waals surface area contributed by atoms with Gasteiger partial charge < -0.3 is 35.6 Å². The Morgan fingerprint density at radius 1 is 0.930 bits per heavy atom. The number of hydrogen-bond acceptors (Lipinski definition) is 8. The van der Waals surface area contributed by atoms with Crippen molar-refractivity contribution in [3.63, 3.8) is 0 Å². The van der Waals surface area contributed by atoms with Crippen LogP contribution in [0.5, 0.6) is 5.75 Å². The maximum absolute atomic E-state index is 13.3. The zero-order chi connectivity index (χ0) is 32.3. The molecule has 1 rings (SSSR count). The Labute approximate surface area is 254 Å². The lowest BCUT2D eigenvalue weighted by atomic mass is 9.82. The van der Waals surface area contributed by atoms with E-state index in [2.05, 4.69) is 12.2 Å². The van der Waals surface area contributed by atoms with E-state index in [0.29, 0.717) is 18.4 Å². The Kier molecular flexibility index (Phi) is 17.9. The summed E-state index contributed by atoms with van der Waals surface area (Å²) in [5.74, 6) is -7.22. The van der Waals surface area contributed by atoms with E-state index in [1.165, 1.54) is 55.7 Å². The standard InChI is InChI=1S/C32H49NO10/c1-3-4-5-8-11-14-24(34)15-12-9-6-7-10-13-16-26(32(42,31(40)41)22-28(36)37)29(38)33-27(30(39)43-2)21-23-17-19-25(35)20-18-23/h13,16-20,24,26-27,34-35,42H,3-12,14-15,21-22H2,1-2H3,(H,33,38)(H,36,37)(H,40,41)/b16-13+/t24?,26-,27+,32+/m1/s1. The molecule has 4 atom stereocenters. The summed E-state index contributed by atoms with van der Waals surface area (Å²) in [4.78, 5) is 49.2. The Balaban J connectivity index is 2.82. The van der Waals surface area contributed by atoms with Crippen molar-refractivity contribution < 1.29 is 49.4 Å². The molecule has 0 spiro atoms. The van der Waals surface area contributed by atoms with Gasteiger partial charge in [-0.2, -0.15) is 0 Å². The Bertz CT molecular complexity index is 1030. The van der Waals surface area contributed by atoms with Gasteiger partial charge in [0.05, 0.1) is 25.6 Å². The van der Waals surface area contributed by atoms with Crippen molar-refractivity contribution in [1.29, 1.82) is 0 Å². The minimum absolute atomic E-state index is 0.00134. The van der Waals surface area contributed by atoms with E-state index in [1.54, 1.807) is 0 Å². The van der Waals surface area contributed by atoms with E-state index >= 15 is 0 Å². The second-order valence-electron chi connectivity index (χ2n) is 11.0. The lowest BCUT2D eigenvalue weighted by molar-refractivity contribution is -0.172. The number of aromatic hydroxyl groups is 1. The second kappa shape index (κ2) is 20.5. The molecule has 0 fully saturated rings. The van der Waals surface area contributed by atoms with Gasteiger partial charge in [-0.15, -0.1) is 0 Å². The van der Waals surface area contributed by atoms with Crippen molar-refractivity contribution >= 4 is 23.8 Å². The number of unbranched alkanes of at least 4 members (excludes halogenated alkanes) is 8. The number of methoxy groups -OCH3 is 1. The van der Waals surface area contributed by atoms with Crippen molar-refractivity contribution in [2.45, 2.75) is 115 Å². The van der Waals surface area contributed by atoms with E-state index in [0.717, 1.165) is 52.1 Å². The molecule has 1 aromatic carbocycles. The third-order valence-corrected chi connectivity index (χ3v) is 7.39. The molecule has 6 N–H and O–H groups in total. The highest BCUT2D eigenvalue weighted by atomic mass is 16.5. The predicted octanol–water partition coefficient (Wildman–Crippen LogP) is 4.12. The van der Waals surface area contributed by atoms with Crippen molar-refractivity contribution in [2.75, 3.05) is 7.11 Å². The van der Waals surface area contributed by atoms with Gasteiger partial charge in [0.15, 0.2) is 5.60 Å². The number of carboxylic acid groups (broad SMARTS) is 2. The van der Waals surface area contributed by atoms with Crippen LogP contribution in [0.15, 0.2) is 36.4 Å². The highest BCUT2D eigenvalue weighted by Crippen LogP contribution is 2.26. The second-order valence-corrected chi connectivity index (χ2v) is 11.0. The average molecular weight is 608 g/mol. The third kappa shape index (κ3) is 14.5. The van der Waals surface area contributed by atoms with Crippen molar-refractivity contribution in [3.8, 4) is 5.75 Å². The smallest absolute Gasteiger partial charge is 0.337 e. The van der Waals surface area contributed by atoms with Gasteiger partial charge in [-0.05, 0) is 43.4 Å². The van der Waals surface area contributed by atoms with Crippen LogP contribution < -0.4 is 5.32 Å². The number of phenolic OH excluding ortho intramolecular Hbond substituents is 1. The molecule has 0 aliphatic carbocycles. The highest BCUT2D eigenvalue weighted by molar-refractivity contribution is 5.94. The number of aliphatic hydroxyl groups excluding tert-OH is 1. The normalized spacial score (nSPS) is 14.9. The molecule has 0 saturated carbocycles. The molecular formula is C32H49NO10. The van der Waals surface area contributed by atoms with E-state index in [1.807, 2.05) is 0 Å². The molecule has 0 aliphatic heterocycles. The monoisotopic (exact) mass is 607 g/mol. The fourth-order valence-electron chi connectivity index (χ4n) is 4.83. The first-order valence-electron chi connectivity index (χ1n) is 15.1. The van der Waals surface area contributed by atoms with E-state index in [-0.39, 0.29) is 18.3 Å². The van der Waals surface area contributed by atoms with Crippen LogP contribution in [0.4, 0.5) is 0 Å². The number of carbonyl (C=O) groups excluding carboxylic acids is 2. The van der Waals surface area contributed by atoms with Gasteiger partial charge in [0, 0.05) is 6.42 Å². The van der Waals surface area contributed by atoms with Gasteiger partial charge >= 0.3 is 17.9 Å². The Morgan fingerprint density at radius 3 is 2.05 bits per heavy atom. The topological polar surface area (TPSA) is 191 Å². The maximum Gasteiger partial charge on any atom is 0.337 e. The number of esters is 1. The van der Waals surface area contributed by atoms with Crippen LogP contribution in [0.2, 0.25) is 0 Å². The van der Waals surface area contributed by atoms with E-state index in [4.69, 9.17) is 4.74 Å². The molecule has 11 heteroatoms. The number of amides is 1. The molecule has 11 nitrogen and oxygen atoms in total. The molecule has 43 heavy (non-hydrogen) atoms. The molecule has 242 valence electrons. The van der Waals surface area contributed by atoms with Gasteiger partial charge in [-0.1, -0.05) is 82.6 Å². The molecule has 0 radical (unpaired) electrons. The quantitative estimate of drug-likeness (QED) is 0.0599. The molecule has 1 unspecified atom stereocenters. The van der Waals surface area contributed by atoms with Crippen LogP contribution in [0.1, 0.15) is 96.0 Å². The largest absolute Gasteiger partial charge is 0.508 e. The highest BCUT2D eigenvalue weighted by Gasteiger charge is 2.49. The molecule has 1 amide bonds. The first kappa shape index (κ1) is 37.6. The number of benzene rings is 1. The zero-order valence-electron chi connectivity index (χ0n) is 25.4. The number of carboxylic acids is 2. The van der Waals surface area contributed by atoms with Crippen LogP contribution in [0, 0.1) is 5.92 Å². The first-order chi connectivity index (χ1) is 20.4. The SMILES string of the molecule is CCCCCCCC(O)CCCCCC/C=C/[C@H](C(=O)N[C@@H](Cc1ccc(O)cc1)C(=O)OC)[C@@](O)(CC(=O)O)C(=O)O. The summed E-state index contributed by atoms with van der Waals surface area (Å²) in [6.45, 7) is 2.17. The third-order valence-electron chi connectivity index (χ3n) is 7.39. The van der Waals surface area contributed by atoms with Crippen LogP contribution >= 0.6 is 0 Å². The van der Waals surface area contributed by atoms with E-state index in [9.17, 15) is 44.7 Å². The van der Waals surface area contributed by atoms with Crippen LogP contribution in [-0.2, 0) is 30.3 Å². The minimum Gasteiger partial charge on any atom is -0.508 e. The number of carbonyl (C=O) groups is 4. The molecule has 0 heterocycles. The van der Waals surface area contributed by atoms with Crippen molar-refractivity contribution in [1.82, 2.24) is 5.32 Å². The van der Waals surface area contributed by atoms with Gasteiger partial charge in [-0.3, -0.25) is 9.59 Å². The molecule has 1 aromatic rings. The number of phenols is 1. The summed E-state index contributed by atoms with van der Waals surface area (Å²) in [7, 11) is 1.11. The van der Waals surface area contributed by atoms with Crippen molar-refractivity contribution in [2.24, 2.45) is 5.92 Å². The molecular weight excluding hydrogens is 558 g/mol. The summed E-state index contributed by atoms with van der Waals surface area (Å²) in [6, 6.07) is 4.58. The molecule has 0 aliphatic rings. The summed E-state index contributed by atoms with van der Waals surface area (Å²) in [6.07, 6.45) is 12.2. The average Bonchev–Trinajstić information content (AvgIpc) is 2.95. The zero-order valence-corrected chi connectivity index (χ0v) is 25.4. The number of nitrogens with one attached hydrogen (secondary N) is 1. The van der Waals surface area contributed by atoms with Crippen molar-refractivity contribution in [3.05, 3.63) is 42.0 Å². The number of aliphatic hydroxyl groups is 2. The molecule has 0 bridgehead atoms. The van der Waals surface area contributed by atoms with Crippen LogP contribution in [-0.4, -0.2) is 74.2 Å². The minimum atomic E-state index is -2.97. The first-order valence-corrected chi connectivity index (χ1v) is 15.1. The number of allylic oxidation sites excluding steroid dienone is 1. The Morgan fingerprint density at radius 2 is 1.51 bits per heavy atom. The van der Waals surface area contributed by atoms with Crippen LogP contribution in [0.25, 0.3) is 0 Å². The lowest BCUT2D eigenvalue weighted by Gasteiger charge is -2.29. The van der Waals surface area contributed by atoms with Crippen LogP contribution in [0.3, 0.4) is 0 Å². The fourth-order valence-corrected chi connectivity index (χ4v) is 4.83. The van der Waals surface area contributed by atoms with Gasteiger partial charge in [0.1, 0.15) is 11.8 Å². The number of ether oxygens (including phenoxy) is 1. The van der Waals surface area contributed by atoms with Gasteiger partial charge in [0.25, 0.3) is 0 Å². The fraction of sp³-hybridized carbons (Fsp3) is 0.625. The number of rotatable bonds is 23. The summed E-state index contributed by atoms with van der Waals surface area (Å²) < 4.78 is 4.77. The summed E-state index contributed by atoms with van der Waals surface area (Å²) in [5, 5.41) is 51.9. The summed E-state index contributed by atoms with van der Waals surface area (Å²) >= 11 is 0. The summed E-state index contributed by atoms with van der Waals surface area (Å²) in [5.41, 5.74) is -2.42. The molecule has 0 saturated heterocycles. The number of aliphatic carboxylic acids is 2. The maximum atomic E-state index is 13.3.